The molecule has 0 aliphatic heterocycles. The van der Waals surface area contributed by atoms with Gasteiger partial charge in [-0.25, -0.2) is 0 Å². The number of halogens is 1. The van der Waals surface area contributed by atoms with Crippen LogP contribution >= 0.6 is 27.7 Å². The van der Waals surface area contributed by atoms with Crippen molar-refractivity contribution >= 4 is 62.9 Å². The summed E-state index contributed by atoms with van der Waals surface area (Å²) in [6, 6.07) is 40.6. The summed E-state index contributed by atoms with van der Waals surface area (Å²) in [6.07, 6.45) is 2.22. The van der Waals surface area contributed by atoms with Crippen molar-refractivity contribution in [2.24, 2.45) is 0 Å². The first kappa shape index (κ1) is 34.2. The van der Waals surface area contributed by atoms with Crippen LogP contribution in [0.4, 0.5) is 11.4 Å². The number of carbonyl (C=O) groups is 3. The van der Waals surface area contributed by atoms with Gasteiger partial charge in [-0.1, -0.05) is 85.8 Å². The third-order valence-corrected chi connectivity index (χ3v) is 9.18. The van der Waals surface area contributed by atoms with Gasteiger partial charge in [-0.05, 0) is 94.2 Å². The first-order chi connectivity index (χ1) is 23.4. The standard InChI is InChI=1S/C39H34BrN3O4S/c1-2-36(39(46)42-34-19-10-9-18-33(34)40)48-32-17-11-16-30(25-32)41-38(45)35(43-37(44)29-14-7-4-8-15-29)24-27-20-22-31(23-21-27)47-26-28-12-5-3-6-13-28/h3-25,36H,2,26H2,1H3,(H,41,45)(H,42,46)(H,43,44)/b35-24-. The van der Waals surface area contributed by atoms with E-state index in [2.05, 4.69) is 31.9 Å². The third-order valence-electron chi connectivity index (χ3n) is 7.13. The number of benzene rings is 5. The van der Waals surface area contributed by atoms with Gasteiger partial charge in [-0.15, -0.1) is 11.8 Å². The van der Waals surface area contributed by atoms with E-state index >= 15 is 0 Å². The van der Waals surface area contributed by atoms with Gasteiger partial charge in [0, 0.05) is 20.6 Å². The lowest BCUT2D eigenvalue weighted by atomic mass is 10.1. The Labute approximate surface area is 292 Å². The molecule has 0 spiro atoms. The normalized spacial score (nSPS) is 11.7. The molecule has 0 heterocycles. The minimum absolute atomic E-state index is 0.0686. The largest absolute Gasteiger partial charge is 0.489 e. The molecule has 0 aromatic heterocycles. The SMILES string of the molecule is CCC(Sc1cccc(NC(=O)/C(=C/c2ccc(OCc3ccccc3)cc2)NC(=O)c2ccccc2)c1)C(=O)Nc1ccccc1Br. The molecule has 9 heteroatoms. The quantitative estimate of drug-likeness (QED) is 0.0834. The van der Waals surface area contributed by atoms with E-state index in [1.807, 2.05) is 110 Å². The summed E-state index contributed by atoms with van der Waals surface area (Å²) in [6.45, 7) is 2.39. The van der Waals surface area contributed by atoms with Gasteiger partial charge in [-0.2, -0.15) is 0 Å². The molecule has 0 bridgehead atoms. The van der Waals surface area contributed by atoms with Crippen LogP contribution in [0.25, 0.3) is 6.08 Å². The molecule has 1 atom stereocenters. The zero-order valence-electron chi connectivity index (χ0n) is 26.2. The zero-order valence-corrected chi connectivity index (χ0v) is 28.6. The van der Waals surface area contributed by atoms with Crippen molar-refractivity contribution < 1.29 is 19.1 Å². The van der Waals surface area contributed by atoms with Gasteiger partial charge >= 0.3 is 0 Å². The second-order valence-corrected chi connectivity index (χ2v) is 12.8. The summed E-state index contributed by atoms with van der Waals surface area (Å²) in [7, 11) is 0. The van der Waals surface area contributed by atoms with E-state index in [1.165, 1.54) is 11.8 Å². The Morgan fingerprint density at radius 2 is 1.48 bits per heavy atom. The van der Waals surface area contributed by atoms with Crippen LogP contribution in [-0.4, -0.2) is 23.0 Å². The molecule has 0 aliphatic carbocycles. The number of rotatable bonds is 13. The van der Waals surface area contributed by atoms with E-state index < -0.39 is 11.8 Å². The van der Waals surface area contributed by atoms with Crippen LogP contribution in [0, 0.1) is 0 Å². The highest BCUT2D eigenvalue weighted by Crippen LogP contribution is 2.30. The number of ether oxygens (including phenoxy) is 1. The summed E-state index contributed by atoms with van der Waals surface area (Å²) in [5, 5.41) is 8.31. The fourth-order valence-corrected chi connectivity index (χ4v) is 6.02. The van der Waals surface area contributed by atoms with Crippen molar-refractivity contribution in [3.05, 3.63) is 160 Å². The predicted molar refractivity (Wildman–Crippen MR) is 197 cm³/mol. The van der Waals surface area contributed by atoms with E-state index in [9.17, 15) is 14.4 Å². The van der Waals surface area contributed by atoms with E-state index in [-0.39, 0.29) is 16.9 Å². The molecule has 0 saturated heterocycles. The van der Waals surface area contributed by atoms with E-state index in [4.69, 9.17) is 4.74 Å². The molecule has 5 aromatic carbocycles. The highest BCUT2D eigenvalue weighted by Gasteiger charge is 2.20. The van der Waals surface area contributed by atoms with Crippen molar-refractivity contribution in [3.63, 3.8) is 0 Å². The Kier molecular flexibility index (Phi) is 12.2. The molecule has 0 aliphatic rings. The number of nitrogens with one attached hydrogen (secondary N) is 3. The fraction of sp³-hybridized carbons (Fsp3) is 0.103. The van der Waals surface area contributed by atoms with Crippen LogP contribution in [0.3, 0.4) is 0 Å². The average molecular weight is 721 g/mol. The molecule has 7 nitrogen and oxygen atoms in total. The Hall–Kier alpha value is -5.12. The summed E-state index contributed by atoms with van der Waals surface area (Å²) in [5.74, 6) is -0.343. The fourth-order valence-electron chi connectivity index (χ4n) is 4.62. The van der Waals surface area contributed by atoms with E-state index in [0.29, 0.717) is 41.3 Å². The topological polar surface area (TPSA) is 96.5 Å². The minimum Gasteiger partial charge on any atom is -0.489 e. The number of carbonyl (C=O) groups excluding carboxylic acids is 3. The molecule has 5 aromatic rings. The van der Waals surface area contributed by atoms with Crippen molar-refractivity contribution in [1.82, 2.24) is 5.32 Å². The van der Waals surface area contributed by atoms with Gasteiger partial charge in [0.15, 0.2) is 0 Å². The zero-order chi connectivity index (χ0) is 33.7. The lowest BCUT2D eigenvalue weighted by molar-refractivity contribution is -0.116. The molecule has 242 valence electrons. The van der Waals surface area contributed by atoms with Gasteiger partial charge in [0.05, 0.1) is 10.9 Å². The molecule has 0 radical (unpaired) electrons. The number of anilines is 2. The molecule has 0 saturated carbocycles. The second-order valence-electron chi connectivity index (χ2n) is 10.7. The Morgan fingerprint density at radius 1 is 0.792 bits per heavy atom. The molecule has 48 heavy (non-hydrogen) atoms. The second kappa shape index (κ2) is 17.2. The highest BCUT2D eigenvalue weighted by atomic mass is 79.9. The smallest absolute Gasteiger partial charge is 0.272 e. The number of thioether (sulfide) groups is 1. The van der Waals surface area contributed by atoms with E-state index in [1.54, 1.807) is 36.4 Å². The Bertz CT molecular complexity index is 1880. The maximum absolute atomic E-state index is 13.6. The Balaban J connectivity index is 1.30. The van der Waals surface area contributed by atoms with Crippen LogP contribution in [0.15, 0.2) is 149 Å². The van der Waals surface area contributed by atoms with Gasteiger partial charge < -0.3 is 20.7 Å². The van der Waals surface area contributed by atoms with Gasteiger partial charge in [0.1, 0.15) is 18.1 Å². The van der Waals surface area contributed by atoms with Crippen molar-refractivity contribution in [3.8, 4) is 5.75 Å². The number of hydrogen-bond donors (Lipinski definition) is 3. The first-order valence-corrected chi connectivity index (χ1v) is 17.0. The molecule has 5 rings (SSSR count). The maximum Gasteiger partial charge on any atom is 0.272 e. The Morgan fingerprint density at radius 3 is 2.19 bits per heavy atom. The van der Waals surface area contributed by atoms with E-state index in [0.717, 1.165) is 14.9 Å². The molecule has 0 fully saturated rings. The lowest BCUT2D eigenvalue weighted by Crippen LogP contribution is -2.30. The number of amides is 3. The monoisotopic (exact) mass is 719 g/mol. The van der Waals surface area contributed by atoms with Crippen LogP contribution < -0.4 is 20.7 Å². The first-order valence-electron chi connectivity index (χ1n) is 15.4. The van der Waals surface area contributed by atoms with Crippen molar-refractivity contribution in [1.29, 1.82) is 0 Å². The maximum atomic E-state index is 13.6. The number of hydrogen-bond acceptors (Lipinski definition) is 5. The molecule has 3 N–H and O–H groups in total. The summed E-state index contributed by atoms with van der Waals surface area (Å²) < 4.78 is 6.70. The predicted octanol–water partition coefficient (Wildman–Crippen LogP) is 8.95. The van der Waals surface area contributed by atoms with Crippen LogP contribution in [0.1, 0.15) is 34.8 Å². The van der Waals surface area contributed by atoms with Crippen molar-refractivity contribution in [2.45, 2.75) is 30.1 Å². The highest BCUT2D eigenvalue weighted by molar-refractivity contribution is 9.10. The van der Waals surface area contributed by atoms with Gasteiger partial charge in [-0.3, -0.25) is 14.4 Å². The average Bonchev–Trinajstić information content (AvgIpc) is 3.12. The lowest BCUT2D eigenvalue weighted by Gasteiger charge is -2.16. The van der Waals surface area contributed by atoms with Crippen LogP contribution in [-0.2, 0) is 16.2 Å². The van der Waals surface area contributed by atoms with Crippen LogP contribution in [0.5, 0.6) is 5.75 Å². The van der Waals surface area contributed by atoms with Crippen LogP contribution in [0.2, 0.25) is 0 Å². The molecular formula is C39H34BrN3O4S. The number of para-hydroxylation sites is 1. The third kappa shape index (κ3) is 9.94. The molecule has 3 amide bonds. The van der Waals surface area contributed by atoms with Gasteiger partial charge in [0.25, 0.3) is 11.8 Å². The summed E-state index contributed by atoms with van der Waals surface area (Å²) >= 11 is 4.89. The summed E-state index contributed by atoms with van der Waals surface area (Å²) in [5.41, 5.74) is 3.47. The minimum atomic E-state index is -0.496. The van der Waals surface area contributed by atoms with Gasteiger partial charge in [0.2, 0.25) is 5.91 Å². The summed E-state index contributed by atoms with van der Waals surface area (Å²) in [4.78, 5) is 40.7. The van der Waals surface area contributed by atoms with Crippen molar-refractivity contribution in [2.75, 3.05) is 10.6 Å². The molecular weight excluding hydrogens is 686 g/mol. The molecule has 1 unspecified atom stereocenters.